The molecule has 3 aromatic carbocycles. The molecule has 0 aliphatic heterocycles. The van der Waals surface area contributed by atoms with Crippen LogP contribution in [0.2, 0.25) is 0 Å². The largest absolute Gasteiger partial charge is 0.350 e. The van der Waals surface area contributed by atoms with E-state index in [0.717, 1.165) is 13.0 Å². The molecule has 0 radical (unpaired) electrons. The van der Waals surface area contributed by atoms with Gasteiger partial charge in [-0.25, -0.2) is 0 Å². The molecule has 0 aliphatic rings. The number of benzene rings is 3. The third-order valence-electron chi connectivity index (χ3n) is 6.10. The molecule has 0 saturated heterocycles. The summed E-state index contributed by atoms with van der Waals surface area (Å²) in [6.45, 7) is 4.95. The van der Waals surface area contributed by atoms with Gasteiger partial charge in [0.25, 0.3) is 0 Å². The van der Waals surface area contributed by atoms with Crippen LogP contribution >= 0.6 is 0 Å². The van der Waals surface area contributed by atoms with E-state index in [1.807, 2.05) is 0 Å². The summed E-state index contributed by atoms with van der Waals surface area (Å²) in [6.07, 6.45) is 7.61. The first-order valence-electron chi connectivity index (χ1n) is 10.5. The van der Waals surface area contributed by atoms with E-state index in [4.69, 9.17) is 0 Å². The van der Waals surface area contributed by atoms with Crippen molar-refractivity contribution in [3.63, 3.8) is 0 Å². The van der Waals surface area contributed by atoms with E-state index in [1.54, 1.807) is 0 Å². The second-order valence-electron chi connectivity index (χ2n) is 8.00. The van der Waals surface area contributed by atoms with E-state index < -0.39 is 0 Å². The summed E-state index contributed by atoms with van der Waals surface area (Å²) in [5.74, 6) is 0.274. The Bertz CT molecular complexity index is 1320. The average molecular weight is 391 g/mol. The predicted molar refractivity (Wildman–Crippen MR) is 127 cm³/mol. The molecule has 2 nitrogen and oxygen atoms in total. The van der Waals surface area contributed by atoms with Gasteiger partial charge in [0.15, 0.2) is 0 Å². The molecule has 0 bridgehead atoms. The van der Waals surface area contributed by atoms with Gasteiger partial charge < -0.3 is 9.13 Å². The lowest BCUT2D eigenvalue weighted by molar-refractivity contribution is 0.797. The van der Waals surface area contributed by atoms with Gasteiger partial charge in [0.2, 0.25) is 0 Å². The Morgan fingerprint density at radius 3 is 2.10 bits per heavy atom. The topological polar surface area (TPSA) is 9.86 Å². The Balaban J connectivity index is 1.69. The van der Waals surface area contributed by atoms with E-state index in [-0.39, 0.29) is 5.92 Å². The third-order valence-corrected chi connectivity index (χ3v) is 6.10. The fourth-order valence-electron chi connectivity index (χ4n) is 4.70. The van der Waals surface area contributed by atoms with Gasteiger partial charge in [0.1, 0.15) is 0 Å². The van der Waals surface area contributed by atoms with Crippen molar-refractivity contribution in [2.24, 2.45) is 7.05 Å². The molecule has 1 atom stereocenters. The summed E-state index contributed by atoms with van der Waals surface area (Å²) in [6, 6.07) is 28.1. The highest BCUT2D eigenvalue weighted by atomic mass is 15.0. The molecular formula is C28H26N2. The van der Waals surface area contributed by atoms with Crippen molar-refractivity contribution in [3.8, 4) is 0 Å². The number of allylic oxidation sites excluding steroid dienone is 1. The molecule has 2 aromatic heterocycles. The monoisotopic (exact) mass is 390 g/mol. The van der Waals surface area contributed by atoms with Gasteiger partial charge in [0.05, 0.1) is 0 Å². The number of nitrogens with zero attached hydrogens (tertiary/aromatic N) is 2. The first kappa shape index (κ1) is 18.5. The second kappa shape index (κ2) is 7.72. The summed E-state index contributed by atoms with van der Waals surface area (Å²) in [4.78, 5) is 0. The molecule has 0 saturated carbocycles. The lowest BCUT2D eigenvalue weighted by Gasteiger charge is -2.14. The fourth-order valence-corrected chi connectivity index (χ4v) is 4.70. The zero-order valence-corrected chi connectivity index (χ0v) is 17.3. The molecule has 5 rings (SSSR count). The van der Waals surface area contributed by atoms with E-state index >= 15 is 0 Å². The minimum absolute atomic E-state index is 0.274. The Kier molecular flexibility index (Phi) is 4.76. The number of fused-ring (bicyclic) bond motifs is 2. The lowest BCUT2D eigenvalue weighted by atomic mass is 9.88. The van der Waals surface area contributed by atoms with Crippen molar-refractivity contribution < 1.29 is 0 Å². The van der Waals surface area contributed by atoms with Crippen LogP contribution < -0.4 is 0 Å². The summed E-state index contributed by atoms with van der Waals surface area (Å²) in [5, 5.41) is 2.65. The van der Waals surface area contributed by atoms with Gasteiger partial charge in [-0.05, 0) is 35.2 Å². The third kappa shape index (κ3) is 3.15. The maximum Gasteiger partial charge on any atom is 0.0486 e. The van der Waals surface area contributed by atoms with Gasteiger partial charge in [-0.2, -0.15) is 0 Å². The molecule has 0 N–H and O–H groups in total. The van der Waals surface area contributed by atoms with Gasteiger partial charge in [-0.15, -0.1) is 6.58 Å². The smallest absolute Gasteiger partial charge is 0.0486 e. The Morgan fingerprint density at radius 1 is 0.767 bits per heavy atom. The van der Waals surface area contributed by atoms with E-state index in [1.165, 1.54) is 38.5 Å². The minimum atomic E-state index is 0.274. The second-order valence-corrected chi connectivity index (χ2v) is 8.00. The summed E-state index contributed by atoms with van der Waals surface area (Å²) in [7, 11) is 2.13. The maximum absolute atomic E-state index is 4.08. The molecule has 30 heavy (non-hydrogen) atoms. The highest BCUT2D eigenvalue weighted by Crippen LogP contribution is 2.38. The normalized spacial score (nSPS) is 12.4. The van der Waals surface area contributed by atoms with Crippen LogP contribution in [0.5, 0.6) is 0 Å². The van der Waals surface area contributed by atoms with Crippen LogP contribution in [0.1, 0.15) is 29.0 Å². The van der Waals surface area contributed by atoms with Crippen molar-refractivity contribution in [1.82, 2.24) is 9.13 Å². The molecule has 148 valence electrons. The van der Waals surface area contributed by atoms with E-state index in [0.29, 0.717) is 0 Å². The zero-order chi connectivity index (χ0) is 20.5. The molecule has 2 heteroatoms. The number of aryl methyl sites for hydroxylation is 1. The minimum Gasteiger partial charge on any atom is -0.350 e. The molecular weight excluding hydrogens is 364 g/mol. The molecule has 0 fully saturated rings. The number of hydrogen-bond acceptors (Lipinski definition) is 0. The van der Waals surface area contributed by atoms with Crippen LogP contribution in [0.25, 0.3) is 21.8 Å². The first-order valence-corrected chi connectivity index (χ1v) is 10.5. The van der Waals surface area contributed by atoms with Gasteiger partial charge in [0, 0.05) is 53.7 Å². The van der Waals surface area contributed by atoms with E-state index in [9.17, 15) is 0 Å². The van der Waals surface area contributed by atoms with E-state index in [2.05, 4.69) is 120 Å². The van der Waals surface area contributed by atoms with Gasteiger partial charge in [-0.3, -0.25) is 0 Å². The Hall–Kier alpha value is -3.52. The number of aromatic nitrogens is 2. The molecule has 0 spiro atoms. The van der Waals surface area contributed by atoms with Crippen LogP contribution in [0.3, 0.4) is 0 Å². The van der Waals surface area contributed by atoms with Crippen molar-refractivity contribution in [2.75, 3.05) is 0 Å². The van der Waals surface area contributed by atoms with Crippen molar-refractivity contribution in [3.05, 3.63) is 121 Å². The van der Waals surface area contributed by atoms with Crippen LogP contribution in [0, 0.1) is 0 Å². The number of para-hydroxylation sites is 2. The molecule has 1 unspecified atom stereocenters. The number of rotatable bonds is 6. The lowest BCUT2D eigenvalue weighted by Crippen LogP contribution is -2.00. The highest BCUT2D eigenvalue weighted by Gasteiger charge is 2.22. The zero-order valence-electron chi connectivity index (χ0n) is 17.3. The Morgan fingerprint density at radius 2 is 1.37 bits per heavy atom. The fraction of sp³-hybridized carbons (Fsp3) is 0.143. The quantitative estimate of drug-likeness (QED) is 0.279. The predicted octanol–water partition coefficient (Wildman–Crippen LogP) is 6.89. The van der Waals surface area contributed by atoms with Crippen LogP contribution in [0.4, 0.5) is 0 Å². The van der Waals surface area contributed by atoms with Crippen molar-refractivity contribution >= 4 is 21.8 Å². The Labute approximate surface area is 177 Å². The SMILES string of the molecule is C=CCC(c1cn(C)c2ccccc12)c1cn(Cc2ccccc2)c2ccccc12. The maximum atomic E-state index is 4.08. The van der Waals surface area contributed by atoms with Crippen LogP contribution in [0.15, 0.2) is 104 Å². The van der Waals surface area contributed by atoms with Crippen LogP contribution in [-0.2, 0) is 13.6 Å². The van der Waals surface area contributed by atoms with Gasteiger partial charge >= 0.3 is 0 Å². The molecule has 2 heterocycles. The average Bonchev–Trinajstić information content (AvgIpc) is 3.31. The summed E-state index contributed by atoms with van der Waals surface area (Å²) in [5.41, 5.74) is 6.61. The first-order chi connectivity index (χ1) is 14.8. The summed E-state index contributed by atoms with van der Waals surface area (Å²) < 4.78 is 4.63. The standard InChI is InChI=1S/C28H26N2/c1-3-11-22(25-19-29(2)27-16-9-7-14-23(25)27)26-20-30(18-21-12-5-4-6-13-21)28-17-10-8-15-24(26)28/h3-10,12-17,19-20,22H,1,11,18H2,2H3. The molecule has 5 aromatic rings. The van der Waals surface area contributed by atoms with Gasteiger partial charge in [-0.1, -0.05) is 72.8 Å². The highest BCUT2D eigenvalue weighted by molar-refractivity contribution is 5.89. The van der Waals surface area contributed by atoms with Crippen LogP contribution in [-0.4, -0.2) is 9.13 Å². The van der Waals surface area contributed by atoms with Crippen molar-refractivity contribution in [1.29, 1.82) is 0 Å². The summed E-state index contributed by atoms with van der Waals surface area (Å²) >= 11 is 0. The van der Waals surface area contributed by atoms with Crippen molar-refractivity contribution in [2.45, 2.75) is 18.9 Å². The number of hydrogen-bond donors (Lipinski definition) is 0. The molecule has 0 amide bonds. The molecule has 0 aliphatic carbocycles.